The number of anilines is 1. The Morgan fingerprint density at radius 1 is 1.43 bits per heavy atom. The zero-order valence-corrected chi connectivity index (χ0v) is 13.7. The lowest BCUT2D eigenvalue weighted by atomic mass is 9.73. The van der Waals surface area contributed by atoms with Crippen molar-refractivity contribution in [1.82, 2.24) is 0 Å². The van der Waals surface area contributed by atoms with E-state index in [9.17, 15) is 5.02 Å². The lowest BCUT2D eigenvalue weighted by Crippen LogP contribution is -2.41. The fraction of sp³-hybridized carbons (Fsp3) is 0.176. The van der Waals surface area contributed by atoms with Crippen LogP contribution in [0.5, 0.6) is 5.06 Å². The molecular formula is C17H18BNO3S. The second-order valence-electron chi connectivity index (χ2n) is 5.26. The van der Waals surface area contributed by atoms with E-state index in [-0.39, 0.29) is 0 Å². The first-order valence-electron chi connectivity index (χ1n) is 7.42. The third-order valence-electron chi connectivity index (χ3n) is 3.67. The van der Waals surface area contributed by atoms with Crippen LogP contribution in [-0.2, 0) is 11.1 Å². The number of rotatable bonds is 5. The van der Waals surface area contributed by atoms with Crippen molar-refractivity contribution in [2.45, 2.75) is 13.3 Å². The van der Waals surface area contributed by atoms with Crippen molar-refractivity contribution in [3.63, 3.8) is 0 Å². The molecule has 118 valence electrons. The summed E-state index contributed by atoms with van der Waals surface area (Å²) in [6.07, 6.45) is 6.46. The van der Waals surface area contributed by atoms with Gasteiger partial charge in [-0.2, -0.15) is 0 Å². The minimum absolute atomic E-state index is 0.549. The van der Waals surface area contributed by atoms with Gasteiger partial charge < -0.3 is 14.5 Å². The molecule has 0 fully saturated rings. The van der Waals surface area contributed by atoms with E-state index in [1.807, 2.05) is 43.3 Å². The van der Waals surface area contributed by atoms with E-state index < -0.39 is 7.12 Å². The van der Waals surface area contributed by atoms with Gasteiger partial charge in [-0.3, -0.25) is 0 Å². The molecular weight excluding hydrogens is 309 g/mol. The van der Waals surface area contributed by atoms with Gasteiger partial charge in [0, 0.05) is 17.6 Å². The van der Waals surface area contributed by atoms with Crippen molar-refractivity contribution in [1.29, 1.82) is 0 Å². The van der Waals surface area contributed by atoms with Crippen LogP contribution >= 0.6 is 11.3 Å². The minimum Gasteiger partial charge on any atom is -0.423 e. The summed E-state index contributed by atoms with van der Waals surface area (Å²) in [5.74, 6) is 0. The second-order valence-corrected chi connectivity index (χ2v) is 6.48. The molecule has 0 bridgehead atoms. The lowest BCUT2D eigenvalue weighted by Gasteiger charge is -2.19. The Morgan fingerprint density at radius 3 is 3.13 bits per heavy atom. The molecule has 1 aromatic heterocycles. The van der Waals surface area contributed by atoms with Crippen molar-refractivity contribution in [3.05, 3.63) is 59.0 Å². The third-order valence-corrected chi connectivity index (χ3v) is 4.62. The van der Waals surface area contributed by atoms with Gasteiger partial charge in [0.2, 0.25) is 5.06 Å². The average molecular weight is 327 g/mol. The van der Waals surface area contributed by atoms with Crippen LogP contribution in [0.2, 0.25) is 0 Å². The molecule has 1 aliphatic rings. The summed E-state index contributed by atoms with van der Waals surface area (Å²) in [4.78, 5) is 6.82. The Balaban J connectivity index is 1.70. The molecule has 3 rings (SSSR count). The van der Waals surface area contributed by atoms with Crippen molar-refractivity contribution in [3.8, 4) is 5.06 Å². The van der Waals surface area contributed by atoms with Gasteiger partial charge in [-0.1, -0.05) is 30.9 Å². The summed E-state index contributed by atoms with van der Waals surface area (Å²) in [5.41, 5.74) is 6.72. The zero-order valence-electron chi connectivity index (χ0n) is 12.9. The first-order valence-corrected chi connectivity index (χ1v) is 8.24. The summed E-state index contributed by atoms with van der Waals surface area (Å²) in [7, 11) is -0.861. The van der Waals surface area contributed by atoms with E-state index in [1.165, 1.54) is 4.88 Å². The maximum Gasteiger partial charge on any atom is 0.491 e. The lowest BCUT2D eigenvalue weighted by molar-refractivity contribution is 0.266. The largest absolute Gasteiger partial charge is 0.491 e. The predicted octanol–water partition coefficient (Wildman–Crippen LogP) is 2.92. The monoisotopic (exact) mass is 327 g/mol. The maximum atomic E-state index is 9.89. The third kappa shape index (κ3) is 3.67. The molecule has 0 unspecified atom stereocenters. The highest BCUT2D eigenvalue weighted by Crippen LogP contribution is 2.29. The Labute approximate surface area is 140 Å². The van der Waals surface area contributed by atoms with Crippen LogP contribution in [0.25, 0.3) is 6.08 Å². The van der Waals surface area contributed by atoms with Gasteiger partial charge in [0.15, 0.2) is 0 Å². The highest BCUT2D eigenvalue weighted by atomic mass is 32.1. The van der Waals surface area contributed by atoms with Crippen LogP contribution < -0.4 is 15.8 Å². The predicted molar refractivity (Wildman–Crippen MR) is 96.2 cm³/mol. The van der Waals surface area contributed by atoms with Crippen molar-refractivity contribution >= 4 is 35.7 Å². The number of aryl methyl sites for hydroxylation is 1. The van der Waals surface area contributed by atoms with Crippen molar-refractivity contribution in [2.24, 2.45) is 0 Å². The Kier molecular flexibility index (Phi) is 4.86. The molecule has 2 heterocycles. The van der Waals surface area contributed by atoms with E-state index in [2.05, 4.69) is 12.1 Å². The van der Waals surface area contributed by atoms with Crippen LogP contribution in [0.4, 0.5) is 5.69 Å². The number of fused-ring (bicyclic) bond motifs is 1. The maximum absolute atomic E-state index is 9.89. The van der Waals surface area contributed by atoms with Crippen LogP contribution in [0.15, 0.2) is 43.0 Å². The molecule has 1 aliphatic heterocycles. The summed E-state index contributed by atoms with van der Waals surface area (Å²) in [6, 6.07) is 7.77. The highest BCUT2D eigenvalue weighted by Gasteiger charge is 2.24. The molecule has 2 aromatic rings. The van der Waals surface area contributed by atoms with Crippen molar-refractivity contribution < 1.29 is 14.5 Å². The summed E-state index contributed by atoms with van der Waals surface area (Å²) in [6.45, 7) is 6.27. The summed E-state index contributed by atoms with van der Waals surface area (Å²) >= 11 is 1.57. The fourth-order valence-electron chi connectivity index (χ4n) is 2.45. The Hall–Kier alpha value is -2.02. The van der Waals surface area contributed by atoms with Gasteiger partial charge >= 0.3 is 7.12 Å². The second kappa shape index (κ2) is 7.04. The van der Waals surface area contributed by atoms with Crippen molar-refractivity contribution in [2.75, 3.05) is 12.1 Å². The topological polar surface area (TPSA) is 50.7 Å². The molecule has 0 spiro atoms. The summed E-state index contributed by atoms with van der Waals surface area (Å²) < 4.78 is 5.25. The number of hydrogen-bond donors (Lipinski definition) is 2. The van der Waals surface area contributed by atoms with Gasteiger partial charge in [-0.25, -0.2) is 5.48 Å². The van der Waals surface area contributed by atoms with E-state index >= 15 is 0 Å². The number of hydrogen-bond acceptors (Lipinski definition) is 5. The van der Waals surface area contributed by atoms with Gasteiger partial charge in [0.05, 0.1) is 5.69 Å². The molecule has 23 heavy (non-hydrogen) atoms. The average Bonchev–Trinajstić information content (AvgIpc) is 2.91. The van der Waals surface area contributed by atoms with Crippen LogP contribution in [0.3, 0.4) is 0 Å². The van der Waals surface area contributed by atoms with Gasteiger partial charge in [0.25, 0.3) is 0 Å². The quantitative estimate of drug-likeness (QED) is 0.504. The Bertz CT molecular complexity index is 741. The fourth-order valence-corrected chi connectivity index (χ4v) is 3.27. The number of allylic oxidation sites excluding steroid dienone is 2. The van der Waals surface area contributed by atoms with E-state index in [4.69, 9.17) is 9.49 Å². The standard InChI is InChI=1S/C17H18BNO3S/c1-3-4-5-14-10-17(23-12(14)2)22-19-15-7-6-13-8-9-21-18(20)16(13)11-15/h3-7,10-11,19-20H,1,8-9H2,2H3/b5-4-. The molecule has 0 aliphatic carbocycles. The van der Waals surface area contributed by atoms with E-state index in [0.29, 0.717) is 6.61 Å². The molecule has 2 N–H and O–H groups in total. The molecule has 0 radical (unpaired) electrons. The van der Waals surface area contributed by atoms with Gasteiger partial charge in [-0.05, 0) is 42.1 Å². The van der Waals surface area contributed by atoms with Gasteiger partial charge in [-0.15, -0.1) is 11.3 Å². The molecule has 0 saturated heterocycles. The number of nitrogens with one attached hydrogen (secondary N) is 1. The molecule has 0 atom stereocenters. The zero-order chi connectivity index (χ0) is 16.2. The van der Waals surface area contributed by atoms with Crippen LogP contribution in [-0.4, -0.2) is 18.7 Å². The Morgan fingerprint density at radius 2 is 2.30 bits per heavy atom. The summed E-state index contributed by atoms with van der Waals surface area (Å²) in [5, 5.41) is 10.7. The molecule has 4 nitrogen and oxygen atoms in total. The minimum atomic E-state index is -0.861. The smallest absolute Gasteiger partial charge is 0.423 e. The SMILES string of the molecule is C=C/C=C\c1cc(ONc2ccc3c(c2)B(O)OCC3)sc1C. The number of benzene rings is 1. The first kappa shape index (κ1) is 15.9. The first-order chi connectivity index (χ1) is 11.2. The van der Waals surface area contributed by atoms with E-state index in [1.54, 1.807) is 17.4 Å². The van der Waals surface area contributed by atoms with Gasteiger partial charge in [0.1, 0.15) is 0 Å². The van der Waals surface area contributed by atoms with Crippen LogP contribution in [0.1, 0.15) is 16.0 Å². The highest BCUT2D eigenvalue weighted by molar-refractivity contribution is 7.14. The van der Waals surface area contributed by atoms with Crippen LogP contribution in [0, 0.1) is 6.92 Å². The van der Waals surface area contributed by atoms with E-state index in [0.717, 1.165) is 33.8 Å². The molecule has 1 aromatic carbocycles. The normalized spacial score (nSPS) is 13.9. The molecule has 0 saturated carbocycles. The molecule has 6 heteroatoms. The molecule has 0 amide bonds. The number of thiophene rings is 1.